The number of anilines is 2. The van der Waals surface area contributed by atoms with Crippen LogP contribution >= 0.6 is 11.3 Å². The third-order valence-electron chi connectivity index (χ3n) is 8.47. The molecule has 0 spiro atoms. The van der Waals surface area contributed by atoms with E-state index in [2.05, 4.69) is 55.6 Å². The van der Waals surface area contributed by atoms with E-state index in [1.165, 1.54) is 63.3 Å². The molecule has 1 aromatic carbocycles. The van der Waals surface area contributed by atoms with Crippen LogP contribution in [0.1, 0.15) is 59.5 Å². The van der Waals surface area contributed by atoms with Crippen molar-refractivity contribution in [1.29, 1.82) is 5.26 Å². The lowest BCUT2D eigenvalue weighted by molar-refractivity contribution is 0.0931. The van der Waals surface area contributed by atoms with Crippen LogP contribution in [0.15, 0.2) is 42.2 Å². The van der Waals surface area contributed by atoms with Crippen LogP contribution in [-0.4, -0.2) is 63.5 Å². The van der Waals surface area contributed by atoms with Crippen molar-refractivity contribution < 1.29 is 0 Å². The number of nitriles is 1. The second kappa shape index (κ2) is 12.3. The third-order valence-corrected chi connectivity index (χ3v) is 9.40. The number of hydrogen-bond donors (Lipinski definition) is 2. The number of hydrogen-bond acceptors (Lipinski definition) is 7. The van der Waals surface area contributed by atoms with Crippen LogP contribution in [0.25, 0.3) is 23.1 Å². The highest BCUT2D eigenvalue weighted by Crippen LogP contribution is 2.31. The molecule has 40 heavy (non-hydrogen) atoms. The van der Waals surface area contributed by atoms with Crippen LogP contribution in [0, 0.1) is 18.3 Å². The van der Waals surface area contributed by atoms with Gasteiger partial charge in [0.2, 0.25) is 0 Å². The third kappa shape index (κ3) is 5.97. The van der Waals surface area contributed by atoms with Crippen molar-refractivity contribution in [3.05, 3.63) is 69.6 Å². The predicted molar refractivity (Wildman–Crippen MR) is 165 cm³/mol. The molecule has 2 saturated heterocycles. The van der Waals surface area contributed by atoms with Gasteiger partial charge in [0.05, 0.1) is 22.0 Å². The van der Waals surface area contributed by atoms with Crippen LogP contribution in [0.2, 0.25) is 0 Å². The summed E-state index contributed by atoms with van der Waals surface area (Å²) in [7, 11) is 0. The van der Waals surface area contributed by atoms with Gasteiger partial charge in [-0.15, -0.1) is 11.3 Å². The van der Waals surface area contributed by atoms with E-state index in [1.807, 2.05) is 24.4 Å². The molecular formula is C32H37N7S. The lowest BCUT2D eigenvalue weighted by Crippen LogP contribution is -2.47. The molecular weight excluding hydrogens is 514 g/mol. The van der Waals surface area contributed by atoms with Crippen LogP contribution in [-0.2, 0) is 6.42 Å². The Kier molecular flexibility index (Phi) is 8.24. The number of aromatic amines is 1. The highest BCUT2D eigenvalue weighted by Gasteiger charge is 2.25. The Hall–Kier alpha value is -3.51. The first-order valence-electron chi connectivity index (χ1n) is 14.5. The number of thiazole rings is 1. The number of nitrogens with one attached hydrogen (secondary N) is 2. The maximum absolute atomic E-state index is 9.79. The normalized spacial score (nSPS) is 17.5. The second-order valence-electron chi connectivity index (χ2n) is 11.0. The second-order valence-corrected chi connectivity index (χ2v) is 11.9. The van der Waals surface area contributed by atoms with Crippen LogP contribution in [0.4, 0.5) is 11.4 Å². The van der Waals surface area contributed by atoms with Gasteiger partial charge in [0.15, 0.2) is 0 Å². The van der Waals surface area contributed by atoms with Crippen LogP contribution in [0.5, 0.6) is 0 Å². The number of likely N-dealkylation sites (tertiary alicyclic amines) is 2. The molecule has 6 rings (SSSR count). The molecule has 2 aliphatic rings. The molecule has 0 saturated carbocycles. The number of aromatic nitrogens is 3. The molecule has 2 aliphatic heterocycles. The molecule has 7 nitrogen and oxygen atoms in total. The fraction of sp³-hybridized carbons (Fsp3) is 0.406. The summed E-state index contributed by atoms with van der Waals surface area (Å²) in [5.74, 6) is 0. The molecule has 0 aliphatic carbocycles. The number of H-pyrrole nitrogens is 1. The van der Waals surface area contributed by atoms with Crippen molar-refractivity contribution in [2.75, 3.05) is 38.0 Å². The molecule has 0 unspecified atom stereocenters. The fourth-order valence-corrected chi connectivity index (χ4v) is 6.87. The van der Waals surface area contributed by atoms with Gasteiger partial charge in [-0.2, -0.15) is 5.26 Å². The van der Waals surface area contributed by atoms with E-state index in [0.29, 0.717) is 5.56 Å². The minimum atomic E-state index is 0.513. The molecule has 4 aromatic rings. The number of rotatable bonds is 8. The lowest BCUT2D eigenvalue weighted by Gasteiger charge is -2.40. The Morgan fingerprint density at radius 3 is 2.77 bits per heavy atom. The van der Waals surface area contributed by atoms with E-state index >= 15 is 0 Å². The van der Waals surface area contributed by atoms with Gasteiger partial charge in [0.25, 0.3) is 0 Å². The number of nitrogens with zero attached hydrogens (tertiary/aromatic N) is 5. The van der Waals surface area contributed by atoms with Crippen molar-refractivity contribution in [3.8, 4) is 6.07 Å². The zero-order chi connectivity index (χ0) is 27.3. The summed E-state index contributed by atoms with van der Waals surface area (Å²) in [6, 6.07) is 9.27. The van der Waals surface area contributed by atoms with Crippen molar-refractivity contribution >= 4 is 45.8 Å². The Labute approximate surface area is 240 Å². The van der Waals surface area contributed by atoms with Gasteiger partial charge < -0.3 is 20.1 Å². The van der Waals surface area contributed by atoms with E-state index in [0.717, 1.165) is 58.1 Å². The quantitative estimate of drug-likeness (QED) is 0.257. The van der Waals surface area contributed by atoms with Crippen molar-refractivity contribution in [2.24, 2.45) is 0 Å². The first-order chi connectivity index (χ1) is 19.7. The van der Waals surface area contributed by atoms with Gasteiger partial charge >= 0.3 is 0 Å². The smallest absolute Gasteiger partial charge is 0.103 e. The average molecular weight is 552 g/mol. The largest absolute Gasteiger partial charge is 0.361 e. The number of fused-ring (bicyclic) bond motifs is 1. The van der Waals surface area contributed by atoms with E-state index in [9.17, 15) is 5.26 Å². The lowest BCUT2D eigenvalue weighted by atomic mass is 10.00. The van der Waals surface area contributed by atoms with Gasteiger partial charge in [0, 0.05) is 65.1 Å². The Morgan fingerprint density at radius 1 is 1.10 bits per heavy atom. The zero-order valence-electron chi connectivity index (χ0n) is 23.2. The van der Waals surface area contributed by atoms with Crippen molar-refractivity contribution in [2.45, 2.75) is 51.5 Å². The van der Waals surface area contributed by atoms with Crippen molar-refractivity contribution in [1.82, 2.24) is 24.8 Å². The Bertz CT molecular complexity index is 1510. The van der Waals surface area contributed by atoms with E-state index in [-0.39, 0.29) is 0 Å². The summed E-state index contributed by atoms with van der Waals surface area (Å²) in [6.45, 7) is 8.18. The highest BCUT2D eigenvalue weighted by molar-refractivity contribution is 7.09. The molecule has 2 fully saturated rings. The van der Waals surface area contributed by atoms with E-state index in [1.54, 1.807) is 23.7 Å². The number of aryl methyl sites for hydroxylation is 1. The molecule has 206 valence electrons. The zero-order valence-corrected chi connectivity index (χ0v) is 24.0. The summed E-state index contributed by atoms with van der Waals surface area (Å²) in [6.07, 6.45) is 17.1. The SMILES string of the molecule is Cc1c(Nc2c(C#N)cncc2C=Cc2csc(CCN3CCC(N4CCCCC4)CC3)n2)ccc2[nH]ccc12. The molecule has 5 heterocycles. The summed E-state index contributed by atoms with van der Waals surface area (Å²) in [5, 5.41) is 17.8. The van der Waals surface area contributed by atoms with E-state index in [4.69, 9.17) is 4.98 Å². The first kappa shape index (κ1) is 26.7. The molecule has 0 amide bonds. The summed E-state index contributed by atoms with van der Waals surface area (Å²) < 4.78 is 0. The Morgan fingerprint density at radius 2 is 1.95 bits per heavy atom. The maximum Gasteiger partial charge on any atom is 0.103 e. The van der Waals surface area contributed by atoms with Gasteiger partial charge in [-0.05, 0) is 94.7 Å². The minimum absolute atomic E-state index is 0.513. The molecule has 0 atom stereocenters. The summed E-state index contributed by atoms with van der Waals surface area (Å²) >= 11 is 1.73. The van der Waals surface area contributed by atoms with Gasteiger partial charge in [-0.3, -0.25) is 4.98 Å². The average Bonchev–Trinajstić information content (AvgIpc) is 3.68. The van der Waals surface area contributed by atoms with Gasteiger partial charge in [0.1, 0.15) is 6.07 Å². The molecule has 2 N–H and O–H groups in total. The summed E-state index contributed by atoms with van der Waals surface area (Å²) in [5.41, 5.74) is 6.28. The van der Waals surface area contributed by atoms with Gasteiger partial charge in [-0.1, -0.05) is 6.42 Å². The standard InChI is InChI=1S/C32H37N7S/c1-23-28-9-13-35-30(28)8-7-29(23)37-32-24(20-34-21-25(32)19-33)5-6-26-22-40-31(36-26)12-18-38-16-10-27(11-17-38)39-14-3-2-4-15-39/h5-9,13,20-22,27,35H,2-4,10-12,14-18H2,1H3,(H,34,37). The molecule has 3 aromatic heterocycles. The van der Waals surface area contributed by atoms with E-state index < -0.39 is 0 Å². The van der Waals surface area contributed by atoms with Gasteiger partial charge in [-0.25, -0.2) is 4.98 Å². The first-order valence-corrected chi connectivity index (χ1v) is 15.4. The fourth-order valence-electron chi connectivity index (χ4n) is 6.12. The molecule has 8 heteroatoms. The van der Waals surface area contributed by atoms with Crippen LogP contribution < -0.4 is 5.32 Å². The summed E-state index contributed by atoms with van der Waals surface area (Å²) in [4.78, 5) is 17.8. The highest BCUT2D eigenvalue weighted by atomic mass is 32.1. The maximum atomic E-state index is 9.79. The minimum Gasteiger partial charge on any atom is -0.361 e. The number of benzene rings is 1. The van der Waals surface area contributed by atoms with Crippen LogP contribution in [0.3, 0.4) is 0 Å². The number of pyridine rings is 1. The predicted octanol–water partition coefficient (Wildman–Crippen LogP) is 6.61. The van der Waals surface area contributed by atoms with Crippen molar-refractivity contribution in [3.63, 3.8) is 0 Å². The molecule has 0 bridgehead atoms. The Balaban J connectivity index is 1.08. The topological polar surface area (TPSA) is 83.9 Å². The molecule has 0 radical (unpaired) electrons. The monoisotopic (exact) mass is 551 g/mol. The number of piperidine rings is 2.